The molecule has 6 nitrogen and oxygen atoms in total. The highest BCUT2D eigenvalue weighted by atomic mass is 32.1. The summed E-state index contributed by atoms with van der Waals surface area (Å²) in [7, 11) is 1.56. The van der Waals surface area contributed by atoms with Crippen LogP contribution in [-0.2, 0) is 17.8 Å². The fourth-order valence-corrected chi connectivity index (χ4v) is 3.81. The normalized spacial score (nSPS) is 11.2. The van der Waals surface area contributed by atoms with E-state index >= 15 is 0 Å². The van der Waals surface area contributed by atoms with E-state index in [2.05, 4.69) is 24.1 Å². The molecule has 3 aromatic rings. The molecule has 2 heterocycles. The monoisotopic (exact) mass is 400 g/mol. The average molecular weight is 401 g/mol. The minimum Gasteiger partial charge on any atom is -0.497 e. The molecule has 7 heteroatoms. The first-order valence-electron chi connectivity index (χ1n) is 9.20. The number of aromatic nitrogens is 1. The molecule has 0 unspecified atom stereocenters. The number of thiazole rings is 1. The van der Waals surface area contributed by atoms with Crippen LogP contribution < -0.4 is 15.7 Å². The molecule has 0 aliphatic carbocycles. The molecule has 1 amide bonds. The summed E-state index contributed by atoms with van der Waals surface area (Å²) in [5, 5.41) is 6.74. The van der Waals surface area contributed by atoms with Crippen molar-refractivity contribution in [1.29, 1.82) is 0 Å². The number of carbonyl (C=O) groups excluding carboxylic acids is 1. The van der Waals surface area contributed by atoms with Crippen molar-refractivity contribution in [2.45, 2.75) is 46.1 Å². The molecule has 0 aliphatic heterocycles. The van der Waals surface area contributed by atoms with Gasteiger partial charge in [-0.15, -0.1) is 11.3 Å². The Labute approximate surface area is 167 Å². The van der Waals surface area contributed by atoms with Gasteiger partial charge in [-0.2, -0.15) is 0 Å². The molecule has 1 N–H and O–H groups in total. The van der Waals surface area contributed by atoms with Gasteiger partial charge in [-0.25, -0.2) is 9.78 Å². The Morgan fingerprint density at radius 1 is 1.36 bits per heavy atom. The maximum atomic E-state index is 12.4. The number of rotatable bonds is 7. The van der Waals surface area contributed by atoms with E-state index in [9.17, 15) is 9.59 Å². The van der Waals surface area contributed by atoms with Crippen molar-refractivity contribution in [2.24, 2.45) is 0 Å². The second-order valence-corrected chi connectivity index (χ2v) is 7.85. The van der Waals surface area contributed by atoms with Crippen LogP contribution in [0.2, 0.25) is 0 Å². The lowest BCUT2D eigenvalue weighted by Crippen LogP contribution is -2.24. The quantitative estimate of drug-likeness (QED) is 0.608. The summed E-state index contributed by atoms with van der Waals surface area (Å²) in [5.41, 5.74) is 2.30. The highest BCUT2D eigenvalue weighted by Gasteiger charge is 2.14. The number of hydrogen-bond acceptors (Lipinski definition) is 6. The van der Waals surface area contributed by atoms with Gasteiger partial charge in [-0.1, -0.05) is 13.8 Å². The van der Waals surface area contributed by atoms with Gasteiger partial charge < -0.3 is 14.5 Å². The van der Waals surface area contributed by atoms with Crippen molar-refractivity contribution in [3.8, 4) is 5.75 Å². The van der Waals surface area contributed by atoms with Gasteiger partial charge in [0.1, 0.15) is 11.3 Å². The molecule has 0 bridgehead atoms. The molecule has 0 radical (unpaired) electrons. The lowest BCUT2D eigenvalue weighted by molar-refractivity contribution is -0.121. The Morgan fingerprint density at radius 2 is 2.14 bits per heavy atom. The van der Waals surface area contributed by atoms with Crippen LogP contribution in [0.3, 0.4) is 0 Å². The highest BCUT2D eigenvalue weighted by Crippen LogP contribution is 2.24. The third kappa shape index (κ3) is 4.42. The lowest BCUT2D eigenvalue weighted by Gasteiger charge is -2.09. The predicted molar refractivity (Wildman–Crippen MR) is 110 cm³/mol. The zero-order valence-corrected chi connectivity index (χ0v) is 17.3. The molecule has 0 fully saturated rings. The first kappa shape index (κ1) is 20.1. The number of aryl methyl sites for hydroxylation is 1. The molecule has 148 valence electrons. The van der Waals surface area contributed by atoms with Crippen molar-refractivity contribution in [1.82, 2.24) is 10.3 Å². The first-order chi connectivity index (χ1) is 13.4. The smallest absolute Gasteiger partial charge is 0.339 e. The minimum atomic E-state index is -0.410. The molecule has 3 rings (SSSR count). The van der Waals surface area contributed by atoms with Crippen molar-refractivity contribution < 1.29 is 13.9 Å². The number of fused-ring (bicyclic) bond motifs is 1. The number of methoxy groups -OCH3 is 1. The van der Waals surface area contributed by atoms with Crippen LogP contribution in [0.1, 0.15) is 48.0 Å². The van der Waals surface area contributed by atoms with E-state index in [1.807, 2.05) is 24.4 Å². The molecule has 0 saturated heterocycles. The van der Waals surface area contributed by atoms with Gasteiger partial charge in [-0.05, 0) is 31.0 Å². The van der Waals surface area contributed by atoms with E-state index < -0.39 is 5.63 Å². The van der Waals surface area contributed by atoms with Crippen molar-refractivity contribution in [3.05, 3.63) is 55.8 Å². The van der Waals surface area contributed by atoms with Crippen molar-refractivity contribution in [3.63, 3.8) is 0 Å². The predicted octanol–water partition coefficient (Wildman–Crippen LogP) is 3.94. The number of nitrogens with one attached hydrogen (secondary N) is 1. The fraction of sp³-hybridized carbons (Fsp3) is 0.381. The molecular formula is C21H24N2O4S. The first-order valence-corrected chi connectivity index (χ1v) is 10.1. The number of benzene rings is 1. The summed E-state index contributed by atoms with van der Waals surface area (Å²) in [6.07, 6.45) is 0.546. The fourth-order valence-electron chi connectivity index (χ4n) is 2.98. The van der Waals surface area contributed by atoms with Gasteiger partial charge in [0, 0.05) is 34.7 Å². The van der Waals surface area contributed by atoms with Crippen molar-refractivity contribution >= 4 is 28.2 Å². The molecule has 0 spiro atoms. The van der Waals surface area contributed by atoms with E-state index in [4.69, 9.17) is 9.15 Å². The summed E-state index contributed by atoms with van der Waals surface area (Å²) in [6, 6.07) is 5.38. The minimum absolute atomic E-state index is 0.118. The van der Waals surface area contributed by atoms with Crippen LogP contribution in [0.15, 0.2) is 32.8 Å². The van der Waals surface area contributed by atoms with Gasteiger partial charge in [-0.3, -0.25) is 4.79 Å². The van der Waals surface area contributed by atoms with E-state index in [-0.39, 0.29) is 12.3 Å². The van der Waals surface area contributed by atoms with Gasteiger partial charge >= 0.3 is 5.63 Å². The highest BCUT2D eigenvalue weighted by molar-refractivity contribution is 7.09. The van der Waals surface area contributed by atoms with E-state index in [0.29, 0.717) is 35.8 Å². The third-order valence-electron chi connectivity index (χ3n) is 4.63. The molecule has 0 saturated carbocycles. The van der Waals surface area contributed by atoms with Gasteiger partial charge in [0.2, 0.25) is 5.91 Å². The summed E-state index contributed by atoms with van der Waals surface area (Å²) in [5.74, 6) is 0.891. The molecule has 28 heavy (non-hydrogen) atoms. The van der Waals surface area contributed by atoms with Crippen LogP contribution in [0.5, 0.6) is 5.75 Å². The van der Waals surface area contributed by atoms with Gasteiger partial charge in [0.15, 0.2) is 0 Å². The Kier molecular flexibility index (Phi) is 6.14. The maximum absolute atomic E-state index is 12.4. The van der Waals surface area contributed by atoms with Crippen LogP contribution in [0.25, 0.3) is 11.0 Å². The van der Waals surface area contributed by atoms with Gasteiger partial charge in [0.05, 0.1) is 24.4 Å². The van der Waals surface area contributed by atoms with E-state index in [1.165, 1.54) is 0 Å². The summed E-state index contributed by atoms with van der Waals surface area (Å²) in [6.45, 7) is 6.46. The Morgan fingerprint density at radius 3 is 2.82 bits per heavy atom. The van der Waals surface area contributed by atoms with Crippen LogP contribution in [-0.4, -0.2) is 18.0 Å². The molecule has 0 aliphatic rings. The van der Waals surface area contributed by atoms with E-state index in [0.717, 1.165) is 21.7 Å². The average Bonchev–Trinajstić information content (AvgIpc) is 3.15. The van der Waals surface area contributed by atoms with Gasteiger partial charge in [0.25, 0.3) is 0 Å². The van der Waals surface area contributed by atoms with Crippen LogP contribution in [0.4, 0.5) is 0 Å². The SMILES string of the molecule is COc1ccc2c(C)c(CCC(=O)NCc3csc(C(C)C)n3)c(=O)oc2c1. The number of ether oxygens (including phenoxy) is 1. The molecule has 1 aromatic carbocycles. The zero-order chi connectivity index (χ0) is 20.3. The molecular weight excluding hydrogens is 376 g/mol. The number of carbonyl (C=O) groups is 1. The topological polar surface area (TPSA) is 81.4 Å². The summed E-state index contributed by atoms with van der Waals surface area (Å²) in [4.78, 5) is 29.1. The second kappa shape index (κ2) is 8.56. The van der Waals surface area contributed by atoms with Crippen molar-refractivity contribution in [2.75, 3.05) is 7.11 Å². The largest absolute Gasteiger partial charge is 0.497 e. The Bertz CT molecular complexity index is 1050. The lowest BCUT2D eigenvalue weighted by atomic mass is 10.0. The maximum Gasteiger partial charge on any atom is 0.339 e. The Hall–Kier alpha value is -2.67. The van der Waals surface area contributed by atoms with Crippen LogP contribution in [0, 0.1) is 6.92 Å². The number of hydrogen-bond donors (Lipinski definition) is 1. The number of amides is 1. The molecule has 2 aromatic heterocycles. The summed E-state index contributed by atoms with van der Waals surface area (Å²) < 4.78 is 10.6. The zero-order valence-electron chi connectivity index (χ0n) is 16.5. The molecule has 0 atom stereocenters. The second-order valence-electron chi connectivity index (χ2n) is 6.96. The van der Waals surface area contributed by atoms with Crippen LogP contribution >= 0.6 is 11.3 Å². The van der Waals surface area contributed by atoms with E-state index in [1.54, 1.807) is 24.5 Å². The number of nitrogens with zero attached hydrogens (tertiary/aromatic N) is 1. The third-order valence-corrected chi connectivity index (χ3v) is 5.82. The standard InChI is InChI=1S/C21H24N2O4S/c1-12(2)20-23-14(11-28-20)10-22-19(24)8-7-17-13(3)16-6-5-15(26-4)9-18(16)27-21(17)25/h5-6,9,11-12H,7-8,10H2,1-4H3,(H,22,24). The Balaban J connectivity index is 1.65. The summed E-state index contributed by atoms with van der Waals surface area (Å²) >= 11 is 1.60.